The number of ether oxygens (including phenoxy) is 1. The fourth-order valence-corrected chi connectivity index (χ4v) is 4.46. The van der Waals surface area contributed by atoms with Gasteiger partial charge in [-0.2, -0.15) is 0 Å². The summed E-state index contributed by atoms with van der Waals surface area (Å²) in [6, 6.07) is 7.37. The third-order valence-electron chi connectivity index (χ3n) is 3.58. The maximum atomic E-state index is 12.4. The van der Waals surface area contributed by atoms with Gasteiger partial charge in [0.1, 0.15) is 5.75 Å². The molecular weight excluding hydrogens is 278 g/mol. The van der Waals surface area contributed by atoms with E-state index >= 15 is 0 Å². The molecular formula is C14H19NO4S. The van der Waals surface area contributed by atoms with Crippen LogP contribution in [0.15, 0.2) is 24.3 Å². The highest BCUT2D eigenvalue weighted by Crippen LogP contribution is 2.35. The van der Waals surface area contributed by atoms with Crippen molar-refractivity contribution in [2.45, 2.75) is 24.6 Å². The Kier molecular flexibility index (Phi) is 4.45. The zero-order chi connectivity index (χ0) is 14.8. The van der Waals surface area contributed by atoms with Gasteiger partial charge in [-0.25, -0.2) is 8.42 Å². The summed E-state index contributed by atoms with van der Waals surface area (Å²) in [4.78, 5) is 11.5. The van der Waals surface area contributed by atoms with E-state index in [1.807, 2.05) is 24.3 Å². The lowest BCUT2D eigenvalue weighted by molar-refractivity contribution is -0.139. The summed E-state index contributed by atoms with van der Waals surface area (Å²) in [6.07, 6.45) is 0.434. The van der Waals surface area contributed by atoms with Crippen LogP contribution in [0.25, 0.3) is 0 Å². The first-order valence-corrected chi connectivity index (χ1v) is 8.33. The van der Waals surface area contributed by atoms with Crippen LogP contribution in [-0.2, 0) is 25.8 Å². The molecule has 20 heavy (non-hydrogen) atoms. The first-order valence-electron chi connectivity index (χ1n) is 6.62. The van der Waals surface area contributed by atoms with Gasteiger partial charge in [0.2, 0.25) is 0 Å². The Balaban J connectivity index is 2.24. The molecule has 0 saturated carbocycles. The zero-order valence-electron chi connectivity index (χ0n) is 11.6. The fourth-order valence-electron chi connectivity index (χ4n) is 2.71. The number of sulfone groups is 1. The Bertz CT molecular complexity index is 597. The summed E-state index contributed by atoms with van der Waals surface area (Å²) in [5, 5.41) is 2.43. The van der Waals surface area contributed by atoms with Gasteiger partial charge in [-0.1, -0.05) is 24.3 Å². The summed E-state index contributed by atoms with van der Waals surface area (Å²) in [6.45, 7) is 1.85. The van der Waals surface area contributed by atoms with E-state index in [-0.39, 0.29) is 12.6 Å². The van der Waals surface area contributed by atoms with Crippen LogP contribution in [0.5, 0.6) is 0 Å². The number of nitrogens with one attached hydrogen (secondary N) is 1. The summed E-state index contributed by atoms with van der Waals surface area (Å²) >= 11 is 0. The minimum atomic E-state index is -3.55. The zero-order valence-corrected chi connectivity index (χ0v) is 12.4. The van der Waals surface area contributed by atoms with Crippen molar-refractivity contribution in [2.24, 2.45) is 0 Å². The lowest BCUT2D eigenvalue weighted by Gasteiger charge is -2.19. The molecule has 0 aliphatic heterocycles. The molecule has 0 spiro atoms. The highest BCUT2D eigenvalue weighted by atomic mass is 32.2. The number of fused-ring (bicyclic) bond motifs is 1. The van der Waals surface area contributed by atoms with Crippen molar-refractivity contribution in [2.75, 3.05) is 19.4 Å². The first-order chi connectivity index (χ1) is 9.49. The van der Waals surface area contributed by atoms with Crippen molar-refractivity contribution in [3.05, 3.63) is 35.4 Å². The van der Waals surface area contributed by atoms with Gasteiger partial charge in [0.25, 0.3) is 0 Å². The Labute approximate surface area is 119 Å². The Morgan fingerprint density at radius 1 is 1.40 bits per heavy atom. The van der Waals surface area contributed by atoms with Gasteiger partial charge >= 0.3 is 5.97 Å². The van der Waals surface area contributed by atoms with Crippen LogP contribution in [0.2, 0.25) is 0 Å². The number of hydrogen-bond donors (Lipinski definition) is 1. The molecule has 6 heteroatoms. The SMILES string of the molecule is CCOC(=O)CS(=O)(=O)C1Cc2ccccc2C1NC. The molecule has 2 rings (SSSR count). The molecule has 1 aromatic carbocycles. The number of esters is 1. The van der Waals surface area contributed by atoms with E-state index in [1.165, 1.54) is 0 Å². The Hall–Kier alpha value is -1.40. The predicted octanol–water partition coefficient (Wildman–Crippen LogP) is 0.850. The molecule has 1 N–H and O–H groups in total. The maximum Gasteiger partial charge on any atom is 0.321 e. The van der Waals surface area contributed by atoms with Gasteiger partial charge in [-0.3, -0.25) is 4.79 Å². The minimum absolute atomic E-state index is 0.189. The molecule has 0 heterocycles. The second-order valence-corrected chi connectivity index (χ2v) is 7.04. The average molecular weight is 297 g/mol. The normalized spacial score (nSPS) is 21.5. The molecule has 5 nitrogen and oxygen atoms in total. The van der Waals surface area contributed by atoms with E-state index in [9.17, 15) is 13.2 Å². The molecule has 0 fully saturated rings. The van der Waals surface area contributed by atoms with Crippen molar-refractivity contribution in [1.29, 1.82) is 0 Å². The van der Waals surface area contributed by atoms with Crippen LogP contribution in [-0.4, -0.2) is 39.0 Å². The summed E-state index contributed by atoms with van der Waals surface area (Å²) in [5.74, 6) is -1.24. The number of rotatable bonds is 5. The van der Waals surface area contributed by atoms with E-state index in [0.29, 0.717) is 6.42 Å². The fraction of sp³-hybridized carbons (Fsp3) is 0.500. The highest BCUT2D eigenvalue weighted by molar-refractivity contribution is 7.92. The molecule has 2 atom stereocenters. The molecule has 0 aromatic heterocycles. The molecule has 110 valence electrons. The van der Waals surface area contributed by atoms with E-state index in [4.69, 9.17) is 4.74 Å². The molecule has 1 aromatic rings. The highest BCUT2D eigenvalue weighted by Gasteiger charge is 2.41. The van der Waals surface area contributed by atoms with E-state index < -0.39 is 26.8 Å². The summed E-state index contributed by atoms with van der Waals surface area (Å²) in [5.41, 5.74) is 2.01. The number of benzene rings is 1. The van der Waals surface area contributed by atoms with Crippen LogP contribution in [0.3, 0.4) is 0 Å². The number of carbonyl (C=O) groups is 1. The smallest absolute Gasteiger partial charge is 0.321 e. The monoisotopic (exact) mass is 297 g/mol. The molecule has 0 radical (unpaired) electrons. The minimum Gasteiger partial charge on any atom is -0.465 e. The Morgan fingerprint density at radius 2 is 2.10 bits per heavy atom. The predicted molar refractivity (Wildman–Crippen MR) is 76.2 cm³/mol. The van der Waals surface area contributed by atoms with Crippen molar-refractivity contribution in [3.63, 3.8) is 0 Å². The number of carbonyl (C=O) groups excluding carboxylic acids is 1. The van der Waals surface area contributed by atoms with Crippen LogP contribution >= 0.6 is 0 Å². The largest absolute Gasteiger partial charge is 0.465 e. The van der Waals surface area contributed by atoms with E-state index in [0.717, 1.165) is 11.1 Å². The van der Waals surface area contributed by atoms with Crippen LogP contribution in [0.4, 0.5) is 0 Å². The molecule has 2 unspecified atom stereocenters. The van der Waals surface area contributed by atoms with Crippen molar-refractivity contribution >= 4 is 15.8 Å². The summed E-state index contributed by atoms with van der Waals surface area (Å²) < 4.78 is 29.6. The lowest BCUT2D eigenvalue weighted by atomic mass is 10.1. The van der Waals surface area contributed by atoms with Gasteiger partial charge in [0, 0.05) is 6.04 Å². The quantitative estimate of drug-likeness (QED) is 0.816. The Morgan fingerprint density at radius 3 is 2.75 bits per heavy atom. The van der Waals surface area contributed by atoms with E-state index in [1.54, 1.807) is 14.0 Å². The van der Waals surface area contributed by atoms with Gasteiger partial charge < -0.3 is 10.1 Å². The average Bonchev–Trinajstić information content (AvgIpc) is 2.77. The van der Waals surface area contributed by atoms with Crippen molar-refractivity contribution < 1.29 is 17.9 Å². The van der Waals surface area contributed by atoms with Gasteiger partial charge in [0.05, 0.1) is 11.9 Å². The van der Waals surface area contributed by atoms with Gasteiger partial charge in [0.15, 0.2) is 9.84 Å². The second-order valence-electron chi connectivity index (χ2n) is 4.82. The van der Waals surface area contributed by atoms with E-state index in [2.05, 4.69) is 5.32 Å². The van der Waals surface area contributed by atoms with Crippen LogP contribution in [0.1, 0.15) is 24.1 Å². The molecule has 1 aliphatic rings. The lowest BCUT2D eigenvalue weighted by Crippen LogP contribution is -2.36. The maximum absolute atomic E-state index is 12.4. The molecule has 0 amide bonds. The second kappa shape index (κ2) is 5.93. The summed E-state index contributed by atoms with van der Waals surface area (Å²) in [7, 11) is -1.81. The first kappa shape index (κ1) is 15.0. The van der Waals surface area contributed by atoms with Crippen LogP contribution < -0.4 is 5.32 Å². The number of hydrogen-bond acceptors (Lipinski definition) is 5. The molecule has 0 bridgehead atoms. The molecule has 1 aliphatic carbocycles. The third kappa shape index (κ3) is 2.86. The standard InChI is InChI=1S/C14H19NO4S/c1-3-19-13(16)9-20(17,18)12-8-10-6-4-5-7-11(10)14(12)15-2/h4-7,12,14-15H,3,8-9H2,1-2H3. The topological polar surface area (TPSA) is 72.5 Å². The van der Waals surface area contributed by atoms with Crippen molar-refractivity contribution in [3.8, 4) is 0 Å². The van der Waals surface area contributed by atoms with Crippen LogP contribution in [0, 0.1) is 0 Å². The van der Waals surface area contributed by atoms with Gasteiger partial charge in [-0.05, 0) is 31.5 Å². The third-order valence-corrected chi connectivity index (χ3v) is 5.58. The van der Waals surface area contributed by atoms with Gasteiger partial charge in [-0.15, -0.1) is 0 Å². The molecule has 0 saturated heterocycles. The van der Waals surface area contributed by atoms with Crippen molar-refractivity contribution in [1.82, 2.24) is 5.32 Å².